The fraction of sp³-hybridized carbons (Fsp3) is 0.323. The summed E-state index contributed by atoms with van der Waals surface area (Å²) in [5, 5.41) is 8.73. The Hall–Kier alpha value is -3.75. The van der Waals surface area contributed by atoms with E-state index in [0.717, 1.165) is 94.7 Å². The molecule has 5 heterocycles. The third kappa shape index (κ3) is 4.47. The van der Waals surface area contributed by atoms with Gasteiger partial charge in [0.25, 0.3) is 5.56 Å². The Morgan fingerprint density at radius 1 is 0.974 bits per heavy atom. The van der Waals surface area contributed by atoms with Gasteiger partial charge in [0.1, 0.15) is 11.5 Å². The van der Waals surface area contributed by atoms with Gasteiger partial charge in [-0.15, -0.1) is 11.3 Å². The fourth-order valence-electron chi connectivity index (χ4n) is 6.02. The van der Waals surface area contributed by atoms with E-state index in [4.69, 9.17) is 4.98 Å². The Balaban J connectivity index is 1.31. The van der Waals surface area contributed by atoms with Crippen molar-refractivity contribution in [3.8, 4) is 11.1 Å². The zero-order valence-electron chi connectivity index (χ0n) is 21.8. The molecular weight excluding hydrogens is 506 g/mol. The van der Waals surface area contributed by atoms with E-state index in [0.29, 0.717) is 5.65 Å². The van der Waals surface area contributed by atoms with Crippen LogP contribution in [0.4, 0.5) is 11.5 Å². The molecule has 39 heavy (non-hydrogen) atoms. The average molecular weight is 538 g/mol. The highest BCUT2D eigenvalue weighted by Gasteiger charge is 2.22. The molecule has 2 N–H and O–H groups in total. The van der Waals surface area contributed by atoms with E-state index in [-0.39, 0.29) is 17.4 Å². The van der Waals surface area contributed by atoms with Gasteiger partial charge in [-0.25, -0.2) is 4.98 Å². The molecule has 7 rings (SSSR count). The van der Waals surface area contributed by atoms with Gasteiger partial charge >= 0.3 is 0 Å². The lowest BCUT2D eigenvalue weighted by atomic mass is 9.98. The largest absolute Gasteiger partial charge is 0.356 e. The van der Waals surface area contributed by atoms with Gasteiger partial charge in [0.05, 0.1) is 5.92 Å². The SMILES string of the molecule is O=C(Nc1ccc2sc3c(-c4cccn5c(=O)cc(N6CCCCC6)nc45)cccc3c2c1)C1CCCNC1. The molecule has 2 aromatic carbocycles. The topological polar surface area (TPSA) is 78.7 Å². The minimum absolute atomic E-state index is 0.0114. The summed E-state index contributed by atoms with van der Waals surface area (Å²) in [5.41, 5.74) is 3.47. The maximum atomic E-state index is 13.1. The van der Waals surface area contributed by atoms with Crippen molar-refractivity contribution in [2.24, 2.45) is 5.92 Å². The van der Waals surface area contributed by atoms with Crippen LogP contribution in [-0.4, -0.2) is 41.5 Å². The quantitative estimate of drug-likeness (QED) is 0.309. The predicted molar refractivity (Wildman–Crippen MR) is 160 cm³/mol. The molecule has 0 bridgehead atoms. The Kier molecular flexibility index (Phi) is 6.29. The summed E-state index contributed by atoms with van der Waals surface area (Å²) in [7, 11) is 0. The van der Waals surface area contributed by atoms with E-state index in [1.807, 2.05) is 12.1 Å². The van der Waals surface area contributed by atoms with Crippen molar-refractivity contribution >= 4 is 54.6 Å². The van der Waals surface area contributed by atoms with Crippen LogP contribution in [0.2, 0.25) is 0 Å². The number of carbonyl (C=O) groups is 1. The number of pyridine rings is 1. The van der Waals surface area contributed by atoms with Crippen LogP contribution in [0.15, 0.2) is 65.6 Å². The van der Waals surface area contributed by atoms with E-state index >= 15 is 0 Å². The number of hydrogen-bond acceptors (Lipinski definition) is 6. The van der Waals surface area contributed by atoms with Crippen molar-refractivity contribution in [2.45, 2.75) is 32.1 Å². The molecule has 7 nitrogen and oxygen atoms in total. The molecule has 0 radical (unpaired) electrons. The number of carbonyl (C=O) groups excluding carboxylic acids is 1. The van der Waals surface area contributed by atoms with Crippen molar-refractivity contribution < 1.29 is 4.79 Å². The molecule has 1 unspecified atom stereocenters. The molecule has 2 aliphatic heterocycles. The summed E-state index contributed by atoms with van der Waals surface area (Å²) in [6.45, 7) is 3.60. The maximum Gasteiger partial charge on any atom is 0.259 e. The van der Waals surface area contributed by atoms with Crippen molar-refractivity contribution in [3.63, 3.8) is 0 Å². The molecule has 0 saturated carbocycles. The molecule has 1 amide bonds. The minimum Gasteiger partial charge on any atom is -0.356 e. The lowest BCUT2D eigenvalue weighted by Crippen LogP contribution is -2.37. The second-order valence-corrected chi connectivity index (χ2v) is 11.7. The number of thiophene rings is 1. The van der Waals surface area contributed by atoms with Gasteiger partial charge in [-0.1, -0.05) is 18.2 Å². The van der Waals surface area contributed by atoms with Crippen LogP contribution in [0.5, 0.6) is 0 Å². The third-order valence-corrected chi connectivity index (χ3v) is 9.30. The lowest BCUT2D eigenvalue weighted by Gasteiger charge is -2.27. The molecule has 0 aliphatic carbocycles. The Labute approximate surface area is 230 Å². The highest BCUT2D eigenvalue weighted by molar-refractivity contribution is 7.26. The highest BCUT2D eigenvalue weighted by Crippen LogP contribution is 2.41. The first kappa shape index (κ1) is 24.3. The number of hydrogen-bond donors (Lipinski definition) is 2. The number of nitrogens with one attached hydrogen (secondary N) is 2. The monoisotopic (exact) mass is 537 g/mol. The maximum absolute atomic E-state index is 13.1. The molecule has 1 atom stereocenters. The van der Waals surface area contributed by atoms with Gasteiger partial charge in [-0.2, -0.15) is 0 Å². The van der Waals surface area contributed by atoms with Crippen LogP contribution < -0.4 is 21.1 Å². The van der Waals surface area contributed by atoms with Gasteiger partial charge in [0.2, 0.25) is 5.91 Å². The summed E-state index contributed by atoms with van der Waals surface area (Å²) >= 11 is 1.74. The number of benzene rings is 2. The molecular formula is C31H31N5O2S. The second kappa shape index (κ2) is 10.1. The highest BCUT2D eigenvalue weighted by atomic mass is 32.1. The van der Waals surface area contributed by atoms with Crippen LogP contribution in [0.25, 0.3) is 36.9 Å². The van der Waals surface area contributed by atoms with Gasteiger partial charge in [0, 0.05) is 68.9 Å². The summed E-state index contributed by atoms with van der Waals surface area (Å²) < 4.78 is 3.97. The minimum atomic E-state index is -0.0560. The standard InChI is InChI=1S/C31H31N5O2S/c37-28-18-27(35-14-2-1-3-15-35)34-30-24(10-6-16-36(28)30)22-8-4-9-23-25-17-21(11-12-26(25)39-29(22)23)33-31(38)20-7-5-13-32-19-20/h4,6,8-12,16-18,20,32H,1-3,5,7,13-15,19H2,(H,33,38). The van der Waals surface area contributed by atoms with Gasteiger partial charge < -0.3 is 15.5 Å². The lowest BCUT2D eigenvalue weighted by molar-refractivity contribution is -0.120. The number of amides is 1. The van der Waals surface area contributed by atoms with Crippen molar-refractivity contribution in [2.75, 3.05) is 36.4 Å². The first-order valence-corrected chi connectivity index (χ1v) is 14.7. The molecule has 198 valence electrons. The van der Waals surface area contributed by atoms with E-state index < -0.39 is 0 Å². The van der Waals surface area contributed by atoms with Crippen molar-refractivity contribution in [1.29, 1.82) is 0 Å². The fourth-order valence-corrected chi connectivity index (χ4v) is 7.23. The molecule has 3 aromatic heterocycles. The van der Waals surface area contributed by atoms with Crippen LogP contribution in [0, 0.1) is 5.92 Å². The molecule has 0 spiro atoms. The van der Waals surface area contributed by atoms with E-state index in [1.54, 1.807) is 28.0 Å². The summed E-state index contributed by atoms with van der Waals surface area (Å²) in [6, 6.07) is 18.2. The third-order valence-electron chi connectivity index (χ3n) is 8.08. The molecule has 8 heteroatoms. The molecule has 2 saturated heterocycles. The molecule has 2 aliphatic rings. The van der Waals surface area contributed by atoms with Crippen LogP contribution >= 0.6 is 11.3 Å². The predicted octanol–water partition coefficient (Wildman–Crippen LogP) is 5.66. The Morgan fingerprint density at radius 3 is 2.69 bits per heavy atom. The van der Waals surface area contributed by atoms with Crippen molar-refractivity contribution in [3.05, 3.63) is 71.1 Å². The van der Waals surface area contributed by atoms with E-state index in [2.05, 4.69) is 51.9 Å². The van der Waals surface area contributed by atoms with Gasteiger partial charge in [0.15, 0.2) is 0 Å². The number of piperidine rings is 2. The smallest absolute Gasteiger partial charge is 0.259 e. The number of fused-ring (bicyclic) bond motifs is 4. The molecule has 5 aromatic rings. The number of aromatic nitrogens is 2. The van der Waals surface area contributed by atoms with E-state index in [1.165, 1.54) is 6.42 Å². The van der Waals surface area contributed by atoms with Crippen LogP contribution in [0.3, 0.4) is 0 Å². The second-order valence-electron chi connectivity index (χ2n) is 10.6. The summed E-state index contributed by atoms with van der Waals surface area (Å²) in [6.07, 6.45) is 7.24. The number of anilines is 2. The first-order valence-electron chi connectivity index (χ1n) is 13.9. The Morgan fingerprint density at radius 2 is 1.85 bits per heavy atom. The Bertz CT molecular complexity index is 1760. The number of nitrogens with zero attached hydrogens (tertiary/aromatic N) is 3. The zero-order chi connectivity index (χ0) is 26.3. The summed E-state index contributed by atoms with van der Waals surface area (Å²) in [4.78, 5) is 33.2. The summed E-state index contributed by atoms with van der Waals surface area (Å²) in [5.74, 6) is 0.861. The first-order chi connectivity index (χ1) is 19.2. The number of rotatable bonds is 4. The normalized spacial score (nSPS) is 18.2. The molecule has 2 fully saturated rings. The average Bonchev–Trinajstić information content (AvgIpc) is 3.36. The van der Waals surface area contributed by atoms with Gasteiger partial charge in [-0.3, -0.25) is 14.0 Å². The van der Waals surface area contributed by atoms with Gasteiger partial charge in [-0.05, 0) is 69.0 Å². The van der Waals surface area contributed by atoms with Crippen molar-refractivity contribution in [1.82, 2.24) is 14.7 Å². The van der Waals surface area contributed by atoms with Crippen LogP contribution in [-0.2, 0) is 4.79 Å². The van der Waals surface area contributed by atoms with E-state index in [9.17, 15) is 9.59 Å². The van der Waals surface area contributed by atoms with Crippen LogP contribution in [0.1, 0.15) is 32.1 Å². The zero-order valence-corrected chi connectivity index (χ0v) is 22.6.